The second-order valence-corrected chi connectivity index (χ2v) is 6.50. The van der Waals surface area contributed by atoms with Crippen molar-refractivity contribution in [2.75, 3.05) is 0 Å². The molecule has 0 bridgehead atoms. The standard InChI is InChI=1S/C22H28O3/c1-4-5-6-7-8-18(3)24-20-13-15-21(16-14-20)25-22(23)19-11-9-17(2)10-12-19/h9-16,18H,4-8H2,1-3H3. The van der Waals surface area contributed by atoms with E-state index in [9.17, 15) is 4.79 Å². The van der Waals surface area contributed by atoms with Crippen LogP contribution in [0.3, 0.4) is 0 Å². The Bertz CT molecular complexity index is 644. The molecule has 2 aromatic rings. The Morgan fingerprint density at radius 2 is 1.56 bits per heavy atom. The fourth-order valence-electron chi connectivity index (χ4n) is 2.59. The summed E-state index contributed by atoms with van der Waals surface area (Å²) in [5.74, 6) is 0.976. The Kier molecular flexibility index (Phi) is 7.52. The fraction of sp³-hybridized carbons (Fsp3) is 0.409. The van der Waals surface area contributed by atoms with Gasteiger partial charge in [-0.05, 0) is 63.1 Å². The minimum absolute atomic E-state index is 0.192. The SMILES string of the molecule is CCCCCCC(C)Oc1ccc(OC(=O)c2ccc(C)cc2)cc1. The van der Waals surface area contributed by atoms with Crippen LogP contribution in [0.2, 0.25) is 0 Å². The summed E-state index contributed by atoms with van der Waals surface area (Å²) in [5, 5.41) is 0. The van der Waals surface area contributed by atoms with Gasteiger partial charge < -0.3 is 9.47 Å². The van der Waals surface area contributed by atoms with Crippen LogP contribution in [0.5, 0.6) is 11.5 Å². The van der Waals surface area contributed by atoms with E-state index >= 15 is 0 Å². The van der Waals surface area contributed by atoms with Gasteiger partial charge in [-0.25, -0.2) is 4.79 Å². The van der Waals surface area contributed by atoms with Crippen molar-refractivity contribution in [2.24, 2.45) is 0 Å². The molecule has 134 valence electrons. The van der Waals surface area contributed by atoms with Crippen molar-refractivity contribution < 1.29 is 14.3 Å². The summed E-state index contributed by atoms with van der Waals surface area (Å²) in [7, 11) is 0. The number of ether oxygens (including phenoxy) is 2. The quantitative estimate of drug-likeness (QED) is 0.321. The first-order chi connectivity index (χ1) is 12.1. The van der Waals surface area contributed by atoms with Crippen molar-refractivity contribution in [3.8, 4) is 11.5 Å². The molecular formula is C22H28O3. The highest BCUT2D eigenvalue weighted by molar-refractivity contribution is 5.91. The number of hydrogen-bond acceptors (Lipinski definition) is 3. The first-order valence-corrected chi connectivity index (χ1v) is 9.14. The smallest absolute Gasteiger partial charge is 0.343 e. The van der Waals surface area contributed by atoms with E-state index in [0.29, 0.717) is 11.3 Å². The molecule has 0 aromatic heterocycles. The lowest BCUT2D eigenvalue weighted by atomic mass is 10.1. The molecule has 0 N–H and O–H groups in total. The van der Waals surface area contributed by atoms with Crippen LogP contribution < -0.4 is 9.47 Å². The summed E-state index contributed by atoms with van der Waals surface area (Å²) in [6, 6.07) is 14.6. The Morgan fingerprint density at radius 1 is 0.920 bits per heavy atom. The maximum atomic E-state index is 12.1. The second kappa shape index (κ2) is 9.87. The molecule has 1 unspecified atom stereocenters. The van der Waals surface area contributed by atoms with Crippen LogP contribution >= 0.6 is 0 Å². The average molecular weight is 340 g/mol. The summed E-state index contributed by atoms with van der Waals surface area (Å²) in [6.45, 7) is 6.29. The third-order valence-electron chi connectivity index (χ3n) is 4.12. The largest absolute Gasteiger partial charge is 0.491 e. The lowest BCUT2D eigenvalue weighted by Crippen LogP contribution is -2.11. The van der Waals surface area contributed by atoms with Gasteiger partial charge in [0.05, 0.1) is 11.7 Å². The summed E-state index contributed by atoms with van der Waals surface area (Å²) in [5.41, 5.74) is 1.66. The Hall–Kier alpha value is -2.29. The van der Waals surface area contributed by atoms with Gasteiger partial charge >= 0.3 is 5.97 Å². The predicted molar refractivity (Wildman–Crippen MR) is 101 cm³/mol. The first-order valence-electron chi connectivity index (χ1n) is 9.14. The van der Waals surface area contributed by atoms with E-state index in [-0.39, 0.29) is 12.1 Å². The van der Waals surface area contributed by atoms with E-state index in [1.165, 1.54) is 25.7 Å². The third-order valence-corrected chi connectivity index (χ3v) is 4.12. The van der Waals surface area contributed by atoms with Crippen LogP contribution in [0.1, 0.15) is 61.9 Å². The van der Waals surface area contributed by atoms with Crippen molar-refractivity contribution >= 4 is 5.97 Å². The van der Waals surface area contributed by atoms with E-state index in [1.54, 1.807) is 24.3 Å². The molecule has 0 aliphatic heterocycles. The monoisotopic (exact) mass is 340 g/mol. The number of unbranched alkanes of at least 4 members (excludes halogenated alkanes) is 3. The Morgan fingerprint density at radius 3 is 2.20 bits per heavy atom. The molecule has 1 atom stereocenters. The number of esters is 1. The second-order valence-electron chi connectivity index (χ2n) is 6.50. The molecule has 0 radical (unpaired) electrons. The van der Waals surface area contributed by atoms with E-state index in [2.05, 4.69) is 13.8 Å². The first kappa shape index (κ1) is 19.0. The van der Waals surface area contributed by atoms with Crippen molar-refractivity contribution in [2.45, 2.75) is 59.0 Å². The minimum atomic E-state index is -0.349. The fourth-order valence-corrected chi connectivity index (χ4v) is 2.59. The summed E-state index contributed by atoms with van der Waals surface area (Å²) < 4.78 is 11.3. The van der Waals surface area contributed by atoms with Crippen molar-refractivity contribution in [1.82, 2.24) is 0 Å². The number of benzene rings is 2. The molecule has 0 spiro atoms. The molecular weight excluding hydrogens is 312 g/mol. The molecule has 0 aliphatic rings. The van der Waals surface area contributed by atoms with Gasteiger partial charge in [-0.15, -0.1) is 0 Å². The van der Waals surface area contributed by atoms with Gasteiger partial charge in [-0.1, -0.05) is 43.9 Å². The van der Waals surface area contributed by atoms with E-state index in [4.69, 9.17) is 9.47 Å². The highest BCUT2D eigenvalue weighted by Crippen LogP contribution is 2.21. The minimum Gasteiger partial charge on any atom is -0.491 e. The third kappa shape index (κ3) is 6.61. The van der Waals surface area contributed by atoms with Gasteiger partial charge in [0.25, 0.3) is 0 Å². The zero-order valence-corrected chi connectivity index (χ0v) is 15.5. The normalized spacial score (nSPS) is 11.8. The van der Waals surface area contributed by atoms with Crippen molar-refractivity contribution in [3.63, 3.8) is 0 Å². The Balaban J connectivity index is 1.82. The molecule has 3 nitrogen and oxygen atoms in total. The molecule has 2 aromatic carbocycles. The van der Waals surface area contributed by atoms with E-state index < -0.39 is 0 Å². The highest BCUT2D eigenvalue weighted by Gasteiger charge is 2.09. The number of aryl methyl sites for hydroxylation is 1. The zero-order chi connectivity index (χ0) is 18.1. The number of rotatable bonds is 9. The summed E-state index contributed by atoms with van der Waals surface area (Å²) in [4.78, 5) is 12.1. The number of carbonyl (C=O) groups is 1. The molecule has 25 heavy (non-hydrogen) atoms. The van der Waals surface area contributed by atoms with Crippen LogP contribution in [-0.4, -0.2) is 12.1 Å². The summed E-state index contributed by atoms with van der Waals surface area (Å²) >= 11 is 0. The van der Waals surface area contributed by atoms with Crippen LogP contribution in [0.4, 0.5) is 0 Å². The molecule has 3 heteroatoms. The highest BCUT2D eigenvalue weighted by atomic mass is 16.5. The lowest BCUT2D eigenvalue weighted by molar-refractivity contribution is 0.0734. The van der Waals surface area contributed by atoms with Crippen LogP contribution in [-0.2, 0) is 0 Å². The van der Waals surface area contributed by atoms with Gasteiger partial charge in [0.2, 0.25) is 0 Å². The van der Waals surface area contributed by atoms with Crippen LogP contribution in [0.25, 0.3) is 0 Å². The van der Waals surface area contributed by atoms with E-state index in [1.807, 2.05) is 31.2 Å². The van der Waals surface area contributed by atoms with Gasteiger partial charge in [0.15, 0.2) is 0 Å². The maximum Gasteiger partial charge on any atom is 0.343 e. The molecule has 0 saturated carbocycles. The van der Waals surface area contributed by atoms with Crippen LogP contribution in [0.15, 0.2) is 48.5 Å². The molecule has 0 heterocycles. The van der Waals surface area contributed by atoms with Gasteiger partial charge in [-0.2, -0.15) is 0 Å². The number of carbonyl (C=O) groups excluding carboxylic acids is 1. The zero-order valence-electron chi connectivity index (χ0n) is 15.5. The average Bonchev–Trinajstić information content (AvgIpc) is 2.61. The Labute approximate surface area is 151 Å². The van der Waals surface area contributed by atoms with Crippen LogP contribution in [0, 0.1) is 6.92 Å². The topological polar surface area (TPSA) is 35.5 Å². The molecule has 0 amide bonds. The maximum absolute atomic E-state index is 12.1. The lowest BCUT2D eigenvalue weighted by Gasteiger charge is -2.15. The van der Waals surface area contributed by atoms with Crippen molar-refractivity contribution in [3.05, 3.63) is 59.7 Å². The van der Waals surface area contributed by atoms with E-state index in [0.717, 1.165) is 17.7 Å². The van der Waals surface area contributed by atoms with Gasteiger partial charge in [-0.3, -0.25) is 0 Å². The van der Waals surface area contributed by atoms with Gasteiger partial charge in [0, 0.05) is 0 Å². The molecule has 0 aliphatic carbocycles. The molecule has 2 rings (SSSR count). The number of hydrogen-bond donors (Lipinski definition) is 0. The predicted octanol–water partition coefficient (Wildman–Crippen LogP) is 5.95. The molecule has 0 fully saturated rings. The van der Waals surface area contributed by atoms with Gasteiger partial charge in [0.1, 0.15) is 11.5 Å². The summed E-state index contributed by atoms with van der Waals surface area (Å²) in [6.07, 6.45) is 6.24. The molecule has 0 saturated heterocycles. The van der Waals surface area contributed by atoms with Crippen molar-refractivity contribution in [1.29, 1.82) is 0 Å².